The van der Waals surface area contributed by atoms with E-state index in [-0.39, 0.29) is 12.5 Å². The number of hydrogen-bond acceptors (Lipinski definition) is 3. The minimum Gasteiger partial charge on any atom is -0.494 e. The summed E-state index contributed by atoms with van der Waals surface area (Å²) in [6.07, 6.45) is -0.715. The van der Waals surface area contributed by atoms with E-state index in [1.807, 2.05) is 38.1 Å². The Kier molecular flexibility index (Phi) is 5.55. The molecule has 0 fully saturated rings. The Morgan fingerprint density at radius 2 is 1.86 bits per heavy atom. The first-order valence-electron chi connectivity index (χ1n) is 7.36. The van der Waals surface area contributed by atoms with Gasteiger partial charge in [0.25, 0.3) is 5.91 Å². The number of benzene rings is 2. The molecule has 22 heavy (non-hydrogen) atoms. The quantitative estimate of drug-likeness (QED) is 0.862. The molecule has 0 aliphatic carbocycles. The van der Waals surface area contributed by atoms with Crippen molar-refractivity contribution < 1.29 is 14.6 Å². The number of amides is 1. The molecule has 116 valence electrons. The van der Waals surface area contributed by atoms with E-state index >= 15 is 0 Å². The van der Waals surface area contributed by atoms with Gasteiger partial charge in [-0.15, -0.1) is 0 Å². The molecule has 0 aliphatic heterocycles. The predicted octanol–water partition coefficient (Wildman–Crippen LogP) is 2.86. The fourth-order valence-corrected chi connectivity index (χ4v) is 2.23. The fraction of sp³-hybridized carbons (Fsp3) is 0.278. The van der Waals surface area contributed by atoms with E-state index in [1.54, 1.807) is 24.3 Å². The molecule has 0 heterocycles. The predicted molar refractivity (Wildman–Crippen MR) is 86.1 cm³/mol. The summed E-state index contributed by atoms with van der Waals surface area (Å²) in [6, 6.07) is 14.5. The third-order valence-corrected chi connectivity index (χ3v) is 3.43. The molecule has 0 radical (unpaired) electrons. The van der Waals surface area contributed by atoms with E-state index in [0.29, 0.717) is 12.2 Å². The van der Waals surface area contributed by atoms with E-state index in [4.69, 9.17) is 4.74 Å². The second-order valence-corrected chi connectivity index (χ2v) is 5.04. The second-order valence-electron chi connectivity index (χ2n) is 5.04. The Hall–Kier alpha value is -2.33. The molecule has 0 bridgehead atoms. The number of rotatable bonds is 6. The van der Waals surface area contributed by atoms with Crippen LogP contribution in [0.25, 0.3) is 0 Å². The molecular weight excluding hydrogens is 278 g/mol. The number of ether oxygens (including phenoxy) is 1. The molecule has 0 aliphatic rings. The van der Waals surface area contributed by atoms with Crippen LogP contribution in [-0.4, -0.2) is 24.2 Å². The van der Waals surface area contributed by atoms with Crippen molar-refractivity contribution in [2.75, 3.05) is 13.2 Å². The van der Waals surface area contributed by atoms with Gasteiger partial charge in [-0.1, -0.05) is 24.3 Å². The van der Waals surface area contributed by atoms with Crippen LogP contribution in [0.2, 0.25) is 0 Å². The molecule has 1 amide bonds. The van der Waals surface area contributed by atoms with Crippen molar-refractivity contribution in [3.8, 4) is 5.75 Å². The van der Waals surface area contributed by atoms with Gasteiger partial charge in [0.15, 0.2) is 0 Å². The van der Waals surface area contributed by atoms with E-state index in [1.165, 1.54) is 0 Å². The topological polar surface area (TPSA) is 58.6 Å². The summed E-state index contributed by atoms with van der Waals surface area (Å²) in [5.74, 6) is 0.523. The molecule has 4 heteroatoms. The summed E-state index contributed by atoms with van der Waals surface area (Å²) >= 11 is 0. The number of aliphatic hydroxyl groups is 1. The summed E-state index contributed by atoms with van der Waals surface area (Å²) in [4.78, 5) is 12.1. The maximum atomic E-state index is 12.1. The Morgan fingerprint density at radius 1 is 1.18 bits per heavy atom. The SMILES string of the molecule is CCOc1ccc(C(=O)NCC(O)c2ccccc2C)cc1. The number of aryl methyl sites for hydroxylation is 1. The maximum absolute atomic E-state index is 12.1. The molecule has 2 aromatic carbocycles. The van der Waals surface area contributed by atoms with Crippen LogP contribution < -0.4 is 10.1 Å². The molecule has 2 aromatic rings. The first-order valence-corrected chi connectivity index (χ1v) is 7.36. The van der Waals surface area contributed by atoms with Gasteiger partial charge in [-0.2, -0.15) is 0 Å². The molecule has 0 spiro atoms. The lowest BCUT2D eigenvalue weighted by Gasteiger charge is -2.14. The van der Waals surface area contributed by atoms with Gasteiger partial charge in [-0.25, -0.2) is 0 Å². The van der Waals surface area contributed by atoms with Crippen LogP contribution in [0.4, 0.5) is 0 Å². The Bertz CT molecular complexity index is 622. The number of carbonyl (C=O) groups is 1. The fourth-order valence-electron chi connectivity index (χ4n) is 2.23. The lowest BCUT2D eigenvalue weighted by Crippen LogP contribution is -2.28. The smallest absolute Gasteiger partial charge is 0.251 e. The van der Waals surface area contributed by atoms with E-state index in [0.717, 1.165) is 16.9 Å². The zero-order chi connectivity index (χ0) is 15.9. The average molecular weight is 299 g/mol. The van der Waals surface area contributed by atoms with E-state index < -0.39 is 6.10 Å². The minimum atomic E-state index is -0.715. The summed E-state index contributed by atoms with van der Waals surface area (Å²) in [5, 5.41) is 12.9. The van der Waals surface area contributed by atoms with Gasteiger partial charge in [0.05, 0.1) is 12.7 Å². The highest BCUT2D eigenvalue weighted by Crippen LogP contribution is 2.17. The number of hydrogen-bond donors (Lipinski definition) is 2. The molecule has 0 saturated carbocycles. The highest BCUT2D eigenvalue weighted by atomic mass is 16.5. The first kappa shape index (κ1) is 16.0. The lowest BCUT2D eigenvalue weighted by atomic mass is 10.0. The van der Waals surface area contributed by atoms with Crippen LogP contribution in [0.3, 0.4) is 0 Å². The summed E-state index contributed by atoms with van der Waals surface area (Å²) in [6.45, 7) is 4.62. The standard InChI is InChI=1S/C18H21NO3/c1-3-22-15-10-8-14(9-11-15)18(21)19-12-17(20)16-7-5-4-6-13(16)2/h4-11,17,20H,3,12H2,1-2H3,(H,19,21). The van der Waals surface area contributed by atoms with Crippen molar-refractivity contribution in [1.29, 1.82) is 0 Å². The Labute approximate surface area is 130 Å². The van der Waals surface area contributed by atoms with Crippen LogP contribution >= 0.6 is 0 Å². The number of nitrogens with one attached hydrogen (secondary N) is 1. The third kappa shape index (κ3) is 4.09. The van der Waals surface area contributed by atoms with E-state index in [2.05, 4.69) is 5.32 Å². The number of carbonyl (C=O) groups excluding carboxylic acids is 1. The zero-order valence-electron chi connectivity index (χ0n) is 12.9. The monoisotopic (exact) mass is 299 g/mol. The van der Waals surface area contributed by atoms with Crippen molar-refractivity contribution in [1.82, 2.24) is 5.32 Å². The van der Waals surface area contributed by atoms with Gasteiger partial charge in [0.1, 0.15) is 5.75 Å². The second kappa shape index (κ2) is 7.61. The molecule has 1 unspecified atom stereocenters. The van der Waals surface area contributed by atoms with Gasteiger partial charge in [-0.3, -0.25) is 4.79 Å². The largest absolute Gasteiger partial charge is 0.494 e. The van der Waals surface area contributed by atoms with Gasteiger partial charge in [0, 0.05) is 12.1 Å². The first-order chi connectivity index (χ1) is 10.6. The minimum absolute atomic E-state index is 0.177. The van der Waals surface area contributed by atoms with Crippen molar-refractivity contribution in [3.05, 3.63) is 65.2 Å². The average Bonchev–Trinajstić information content (AvgIpc) is 2.54. The van der Waals surface area contributed by atoms with Crippen LogP contribution in [0.15, 0.2) is 48.5 Å². The molecule has 0 aromatic heterocycles. The Morgan fingerprint density at radius 3 is 2.50 bits per heavy atom. The van der Waals surface area contributed by atoms with Gasteiger partial charge < -0.3 is 15.2 Å². The summed E-state index contributed by atoms with van der Waals surface area (Å²) in [5.41, 5.74) is 2.38. The molecule has 4 nitrogen and oxygen atoms in total. The summed E-state index contributed by atoms with van der Waals surface area (Å²) < 4.78 is 5.34. The van der Waals surface area contributed by atoms with Crippen LogP contribution in [0.5, 0.6) is 5.75 Å². The third-order valence-electron chi connectivity index (χ3n) is 3.43. The number of aliphatic hydroxyl groups excluding tert-OH is 1. The molecule has 0 saturated heterocycles. The van der Waals surface area contributed by atoms with Crippen molar-refractivity contribution in [3.63, 3.8) is 0 Å². The van der Waals surface area contributed by atoms with Crippen molar-refractivity contribution in [2.24, 2.45) is 0 Å². The van der Waals surface area contributed by atoms with Crippen LogP contribution in [0, 0.1) is 6.92 Å². The zero-order valence-corrected chi connectivity index (χ0v) is 12.9. The normalized spacial score (nSPS) is 11.8. The Balaban J connectivity index is 1.93. The van der Waals surface area contributed by atoms with Gasteiger partial charge in [0.2, 0.25) is 0 Å². The maximum Gasteiger partial charge on any atom is 0.251 e. The molecule has 1 atom stereocenters. The highest BCUT2D eigenvalue weighted by Gasteiger charge is 2.12. The molecule has 2 N–H and O–H groups in total. The summed E-state index contributed by atoms with van der Waals surface area (Å²) in [7, 11) is 0. The highest BCUT2D eigenvalue weighted by molar-refractivity contribution is 5.94. The van der Waals surface area contributed by atoms with Gasteiger partial charge in [-0.05, 0) is 49.2 Å². The molecular formula is C18H21NO3. The van der Waals surface area contributed by atoms with Crippen molar-refractivity contribution >= 4 is 5.91 Å². The van der Waals surface area contributed by atoms with Crippen LogP contribution in [-0.2, 0) is 0 Å². The van der Waals surface area contributed by atoms with E-state index in [9.17, 15) is 9.90 Å². The van der Waals surface area contributed by atoms with Crippen molar-refractivity contribution in [2.45, 2.75) is 20.0 Å². The van der Waals surface area contributed by atoms with Crippen LogP contribution in [0.1, 0.15) is 34.5 Å². The lowest BCUT2D eigenvalue weighted by molar-refractivity contribution is 0.0916. The molecule has 2 rings (SSSR count). The van der Waals surface area contributed by atoms with Gasteiger partial charge >= 0.3 is 0 Å².